The number of imidazole rings is 1. The normalized spacial score (nSPS) is 10.3. The predicted molar refractivity (Wildman–Crippen MR) is 104 cm³/mol. The minimum absolute atomic E-state index is 0.233. The molecule has 0 radical (unpaired) electrons. The number of ether oxygens (including phenoxy) is 1. The molecule has 0 saturated carbocycles. The Hall–Kier alpha value is -3.10. The number of carbonyl (C=O) groups is 2. The van der Waals surface area contributed by atoms with Crippen molar-refractivity contribution < 1.29 is 14.3 Å². The molecular weight excluding hydrogens is 388 g/mol. The maximum absolute atomic E-state index is 12.5. The Balaban J connectivity index is 1.78. The van der Waals surface area contributed by atoms with Gasteiger partial charge in [-0.2, -0.15) is 0 Å². The van der Waals surface area contributed by atoms with Gasteiger partial charge in [-0.3, -0.25) is 25.0 Å². The van der Waals surface area contributed by atoms with Gasteiger partial charge in [0.1, 0.15) is 11.4 Å². The van der Waals surface area contributed by atoms with E-state index < -0.39 is 11.8 Å². The molecule has 27 heavy (non-hydrogen) atoms. The zero-order valence-corrected chi connectivity index (χ0v) is 15.7. The predicted octanol–water partition coefficient (Wildman–Crippen LogP) is 3.27. The first-order valence-electron chi connectivity index (χ1n) is 7.81. The van der Waals surface area contributed by atoms with Gasteiger partial charge in [0, 0.05) is 16.9 Å². The van der Waals surface area contributed by atoms with Gasteiger partial charge in [-0.25, -0.2) is 0 Å². The number of rotatable bonds is 4. The van der Waals surface area contributed by atoms with Crippen LogP contribution in [0.1, 0.15) is 20.8 Å². The minimum atomic E-state index is -0.544. The number of methoxy groups -OCH3 is 1. The topological polar surface area (TPSA) is 88.2 Å². The molecule has 0 fully saturated rings. The number of aromatic nitrogens is 2. The number of nitrogens with one attached hydrogen (secondary N) is 3. The summed E-state index contributed by atoms with van der Waals surface area (Å²) in [6.07, 6.45) is 1.47. The van der Waals surface area contributed by atoms with E-state index in [1.54, 1.807) is 10.6 Å². The Morgan fingerprint density at radius 2 is 1.81 bits per heavy atom. The lowest BCUT2D eigenvalue weighted by Crippen LogP contribution is -2.42. The third-order valence-corrected chi connectivity index (χ3v) is 4.26. The first-order valence-corrected chi connectivity index (χ1v) is 8.60. The lowest BCUT2D eigenvalue weighted by Gasteiger charge is -2.12. The zero-order chi connectivity index (χ0) is 19.4. The number of hydrazine groups is 1. The summed E-state index contributed by atoms with van der Waals surface area (Å²) in [6, 6.07) is 13.7. The number of H-pyrrole nitrogens is 1. The van der Waals surface area contributed by atoms with Gasteiger partial charge in [-0.05, 0) is 42.5 Å². The highest BCUT2D eigenvalue weighted by atomic mass is 35.5. The summed E-state index contributed by atoms with van der Waals surface area (Å²) in [4.78, 5) is 27.7. The smallest absolute Gasteiger partial charge is 0.288 e. The van der Waals surface area contributed by atoms with E-state index in [4.69, 9.17) is 28.6 Å². The number of halogens is 1. The van der Waals surface area contributed by atoms with Crippen molar-refractivity contribution in [3.63, 3.8) is 0 Å². The molecule has 1 heterocycles. The summed E-state index contributed by atoms with van der Waals surface area (Å²) in [5.41, 5.74) is 5.93. The number of amides is 2. The van der Waals surface area contributed by atoms with E-state index in [-0.39, 0.29) is 11.3 Å². The SMILES string of the molecule is COc1cc(Cl)ccc1C(=O)NNC(=O)c1c[nH]c(=S)n1-c1ccccc1. The average Bonchev–Trinajstić information content (AvgIpc) is 3.07. The molecule has 0 unspecified atom stereocenters. The van der Waals surface area contributed by atoms with Gasteiger partial charge in [0.25, 0.3) is 11.8 Å². The highest BCUT2D eigenvalue weighted by Crippen LogP contribution is 2.22. The monoisotopic (exact) mass is 402 g/mol. The van der Waals surface area contributed by atoms with Crippen LogP contribution in [0.3, 0.4) is 0 Å². The largest absolute Gasteiger partial charge is 0.496 e. The van der Waals surface area contributed by atoms with Crippen LogP contribution < -0.4 is 15.6 Å². The van der Waals surface area contributed by atoms with Crippen molar-refractivity contribution in [2.75, 3.05) is 7.11 Å². The third kappa shape index (κ3) is 4.02. The van der Waals surface area contributed by atoms with Crippen molar-refractivity contribution >= 4 is 35.6 Å². The average molecular weight is 403 g/mol. The van der Waals surface area contributed by atoms with Gasteiger partial charge in [0.15, 0.2) is 4.77 Å². The maximum Gasteiger partial charge on any atom is 0.288 e. The summed E-state index contributed by atoms with van der Waals surface area (Å²) in [5.74, 6) is -0.784. The van der Waals surface area contributed by atoms with Crippen LogP contribution in [0.4, 0.5) is 0 Å². The van der Waals surface area contributed by atoms with E-state index >= 15 is 0 Å². The first-order chi connectivity index (χ1) is 13.0. The van der Waals surface area contributed by atoms with Crippen molar-refractivity contribution in [2.45, 2.75) is 0 Å². The number of aromatic amines is 1. The summed E-state index contributed by atoms with van der Waals surface area (Å²) in [5, 5.41) is 0.432. The molecule has 0 atom stereocenters. The van der Waals surface area contributed by atoms with Gasteiger partial charge < -0.3 is 9.72 Å². The standard InChI is InChI=1S/C18H15ClN4O3S/c1-26-15-9-11(19)7-8-13(15)16(24)21-22-17(25)14-10-20-18(27)23(14)12-5-3-2-4-6-12/h2-10H,1H3,(H,20,27)(H,21,24)(H,22,25). The molecule has 0 aliphatic carbocycles. The molecule has 1 aromatic heterocycles. The Bertz CT molecular complexity index is 1050. The molecular formula is C18H15ClN4O3S. The molecule has 138 valence electrons. The molecule has 9 heteroatoms. The van der Waals surface area contributed by atoms with Gasteiger partial charge in [-0.1, -0.05) is 29.8 Å². The highest BCUT2D eigenvalue weighted by molar-refractivity contribution is 7.71. The molecule has 2 aromatic carbocycles. The van der Waals surface area contributed by atoms with E-state index in [9.17, 15) is 9.59 Å². The molecule has 7 nitrogen and oxygen atoms in total. The van der Waals surface area contributed by atoms with Crippen LogP contribution in [-0.2, 0) is 0 Å². The Labute approximate surface area is 164 Å². The van der Waals surface area contributed by atoms with Crippen molar-refractivity contribution in [3.8, 4) is 11.4 Å². The summed E-state index contributed by atoms with van der Waals surface area (Å²) in [7, 11) is 1.43. The van der Waals surface area contributed by atoms with Crippen LogP contribution in [0.5, 0.6) is 5.75 Å². The number of nitrogens with zero attached hydrogens (tertiary/aromatic N) is 1. The minimum Gasteiger partial charge on any atom is -0.496 e. The summed E-state index contributed by atoms with van der Waals surface area (Å²) < 4.78 is 7.07. The van der Waals surface area contributed by atoms with Gasteiger partial charge in [-0.15, -0.1) is 0 Å². The lowest BCUT2D eigenvalue weighted by molar-refractivity contribution is 0.0841. The van der Waals surface area contributed by atoms with Crippen LogP contribution in [0.15, 0.2) is 54.7 Å². The van der Waals surface area contributed by atoms with Crippen molar-refractivity contribution in [2.24, 2.45) is 0 Å². The van der Waals surface area contributed by atoms with E-state index in [0.717, 1.165) is 5.69 Å². The highest BCUT2D eigenvalue weighted by Gasteiger charge is 2.17. The number of hydrogen-bond acceptors (Lipinski definition) is 4. The second-order valence-electron chi connectivity index (χ2n) is 5.40. The van der Waals surface area contributed by atoms with Crippen LogP contribution in [0.2, 0.25) is 5.02 Å². The molecule has 3 aromatic rings. The number of hydrogen-bond donors (Lipinski definition) is 3. The zero-order valence-electron chi connectivity index (χ0n) is 14.2. The molecule has 2 amide bonds. The Kier molecular flexibility index (Phi) is 5.58. The van der Waals surface area contributed by atoms with E-state index in [2.05, 4.69) is 15.8 Å². The van der Waals surface area contributed by atoms with Crippen LogP contribution in [0.25, 0.3) is 5.69 Å². The lowest BCUT2D eigenvalue weighted by atomic mass is 10.2. The Morgan fingerprint density at radius 1 is 1.11 bits per heavy atom. The molecule has 0 aliphatic rings. The van der Waals surface area contributed by atoms with Gasteiger partial charge in [0.05, 0.1) is 12.7 Å². The van der Waals surface area contributed by atoms with Crippen LogP contribution in [-0.4, -0.2) is 28.5 Å². The van der Waals surface area contributed by atoms with Crippen LogP contribution >= 0.6 is 23.8 Å². The van der Waals surface area contributed by atoms with E-state index in [1.165, 1.54) is 25.4 Å². The second kappa shape index (κ2) is 8.07. The Morgan fingerprint density at radius 3 is 2.52 bits per heavy atom. The molecule has 3 N–H and O–H groups in total. The van der Waals surface area contributed by atoms with E-state index in [1.807, 2.05) is 30.3 Å². The van der Waals surface area contributed by atoms with E-state index in [0.29, 0.717) is 15.5 Å². The van der Waals surface area contributed by atoms with Crippen molar-refractivity contribution in [3.05, 3.63) is 75.8 Å². The number of carbonyl (C=O) groups excluding carboxylic acids is 2. The van der Waals surface area contributed by atoms with Crippen LogP contribution in [0, 0.1) is 4.77 Å². The molecule has 0 saturated heterocycles. The quantitative estimate of drug-likeness (QED) is 0.461. The first kappa shape index (κ1) is 18.7. The fraction of sp³-hybridized carbons (Fsp3) is 0.0556. The fourth-order valence-corrected chi connectivity index (χ4v) is 2.89. The second-order valence-corrected chi connectivity index (χ2v) is 6.23. The number of benzene rings is 2. The molecule has 3 rings (SSSR count). The number of para-hydroxylation sites is 1. The fourth-order valence-electron chi connectivity index (χ4n) is 2.47. The molecule has 0 spiro atoms. The van der Waals surface area contributed by atoms with Gasteiger partial charge in [0.2, 0.25) is 0 Å². The third-order valence-electron chi connectivity index (χ3n) is 3.72. The molecule has 0 bridgehead atoms. The summed E-state index contributed by atoms with van der Waals surface area (Å²) in [6.45, 7) is 0. The summed E-state index contributed by atoms with van der Waals surface area (Å²) >= 11 is 11.1. The maximum atomic E-state index is 12.5. The molecule has 0 aliphatic heterocycles. The van der Waals surface area contributed by atoms with Gasteiger partial charge >= 0.3 is 0 Å². The van der Waals surface area contributed by atoms with Crippen molar-refractivity contribution in [1.29, 1.82) is 0 Å². The van der Waals surface area contributed by atoms with Crippen molar-refractivity contribution in [1.82, 2.24) is 20.4 Å².